The van der Waals surface area contributed by atoms with E-state index >= 15 is 0 Å². The normalized spacial score (nSPS) is 12.6. The summed E-state index contributed by atoms with van der Waals surface area (Å²) >= 11 is 1.49. The van der Waals surface area contributed by atoms with E-state index in [1.807, 2.05) is 0 Å². The standard InChI is InChI=1S/C9H5F6IO/c10-8(11,12)4-17-7-2-1-5(3-6(7)16)9(13,14)15/h1-3H,4H2. The van der Waals surface area contributed by atoms with Gasteiger partial charge in [-0.2, -0.15) is 26.3 Å². The van der Waals surface area contributed by atoms with E-state index in [2.05, 4.69) is 4.74 Å². The predicted molar refractivity (Wildman–Crippen MR) is 55.7 cm³/mol. The van der Waals surface area contributed by atoms with Crippen LogP contribution in [0.2, 0.25) is 0 Å². The first-order valence-corrected chi connectivity index (χ1v) is 5.24. The minimum absolute atomic E-state index is 0.0262. The smallest absolute Gasteiger partial charge is 0.422 e. The molecule has 0 bridgehead atoms. The van der Waals surface area contributed by atoms with E-state index in [9.17, 15) is 26.3 Å². The van der Waals surface area contributed by atoms with Gasteiger partial charge in [-0.15, -0.1) is 0 Å². The Kier molecular flexibility index (Phi) is 4.15. The fourth-order valence-electron chi connectivity index (χ4n) is 0.954. The Morgan fingerprint density at radius 3 is 2.06 bits per heavy atom. The molecule has 1 aromatic carbocycles. The molecule has 1 rings (SSSR count). The van der Waals surface area contributed by atoms with Crippen molar-refractivity contribution in [3.05, 3.63) is 27.3 Å². The van der Waals surface area contributed by atoms with Crippen molar-refractivity contribution in [3.8, 4) is 5.75 Å². The molecule has 0 aliphatic rings. The lowest BCUT2D eigenvalue weighted by Crippen LogP contribution is -2.19. The van der Waals surface area contributed by atoms with Gasteiger partial charge in [-0.05, 0) is 40.8 Å². The molecule has 8 heteroatoms. The molecule has 0 N–H and O–H groups in total. The second-order valence-corrected chi connectivity index (χ2v) is 4.21. The highest BCUT2D eigenvalue weighted by atomic mass is 127. The second kappa shape index (κ2) is 4.91. The molecule has 1 aromatic rings. The molecule has 96 valence electrons. The summed E-state index contributed by atoms with van der Waals surface area (Å²) < 4.78 is 76.6. The number of hydrogen-bond acceptors (Lipinski definition) is 1. The van der Waals surface area contributed by atoms with Gasteiger partial charge in [0.2, 0.25) is 0 Å². The van der Waals surface area contributed by atoms with Crippen LogP contribution < -0.4 is 4.74 Å². The molecule has 0 unspecified atom stereocenters. The van der Waals surface area contributed by atoms with E-state index < -0.39 is 24.5 Å². The van der Waals surface area contributed by atoms with E-state index in [1.165, 1.54) is 22.6 Å². The van der Waals surface area contributed by atoms with Crippen molar-refractivity contribution in [3.63, 3.8) is 0 Å². The molecule has 0 atom stereocenters. The van der Waals surface area contributed by atoms with E-state index in [0.717, 1.165) is 12.1 Å². The van der Waals surface area contributed by atoms with Crippen LogP contribution in [0.15, 0.2) is 18.2 Å². The maximum absolute atomic E-state index is 12.3. The maximum Gasteiger partial charge on any atom is 0.422 e. The van der Waals surface area contributed by atoms with Gasteiger partial charge in [-0.25, -0.2) is 0 Å². The Labute approximate surface area is 106 Å². The number of ether oxygens (including phenoxy) is 1. The van der Waals surface area contributed by atoms with Crippen LogP contribution in [0.3, 0.4) is 0 Å². The van der Waals surface area contributed by atoms with Crippen molar-refractivity contribution < 1.29 is 31.1 Å². The Bertz CT molecular complexity index is 397. The molecular formula is C9H5F6IO. The number of alkyl halides is 6. The number of halogens is 7. The molecule has 0 saturated heterocycles. The van der Waals surface area contributed by atoms with Crippen molar-refractivity contribution >= 4 is 22.6 Å². The van der Waals surface area contributed by atoms with Crippen molar-refractivity contribution in [1.82, 2.24) is 0 Å². The highest BCUT2D eigenvalue weighted by molar-refractivity contribution is 14.1. The zero-order chi connectivity index (χ0) is 13.3. The zero-order valence-electron chi connectivity index (χ0n) is 7.99. The van der Waals surface area contributed by atoms with Crippen LogP contribution in [-0.4, -0.2) is 12.8 Å². The van der Waals surface area contributed by atoms with E-state index in [-0.39, 0.29) is 9.32 Å². The molecule has 0 aliphatic heterocycles. The van der Waals surface area contributed by atoms with Crippen molar-refractivity contribution in [2.75, 3.05) is 6.61 Å². The molecule has 0 aromatic heterocycles. The molecule has 0 fully saturated rings. The molecule has 0 aliphatic carbocycles. The molecule has 0 spiro atoms. The maximum atomic E-state index is 12.3. The van der Waals surface area contributed by atoms with Gasteiger partial charge in [-0.3, -0.25) is 0 Å². The molecule has 0 heterocycles. The first kappa shape index (κ1) is 14.4. The van der Waals surface area contributed by atoms with E-state index in [1.54, 1.807) is 0 Å². The van der Waals surface area contributed by atoms with Gasteiger partial charge in [-0.1, -0.05) is 0 Å². The number of benzene rings is 1. The van der Waals surface area contributed by atoms with E-state index in [4.69, 9.17) is 0 Å². The number of hydrogen-bond donors (Lipinski definition) is 0. The van der Waals surface area contributed by atoms with Gasteiger partial charge in [0.05, 0.1) is 9.13 Å². The molecule has 0 saturated carbocycles. The van der Waals surface area contributed by atoms with Crippen molar-refractivity contribution in [2.24, 2.45) is 0 Å². The third-order valence-electron chi connectivity index (χ3n) is 1.65. The molecule has 17 heavy (non-hydrogen) atoms. The molecule has 0 radical (unpaired) electrons. The highest BCUT2D eigenvalue weighted by Crippen LogP contribution is 2.33. The fourth-order valence-corrected chi connectivity index (χ4v) is 1.62. The average Bonchev–Trinajstić information content (AvgIpc) is 2.12. The lowest BCUT2D eigenvalue weighted by molar-refractivity contribution is -0.153. The summed E-state index contributed by atoms with van der Waals surface area (Å²) in [6.45, 7) is -1.53. The topological polar surface area (TPSA) is 9.23 Å². The minimum Gasteiger partial charge on any atom is -0.483 e. The largest absolute Gasteiger partial charge is 0.483 e. The average molecular weight is 370 g/mol. The van der Waals surface area contributed by atoms with E-state index in [0.29, 0.717) is 6.07 Å². The SMILES string of the molecule is FC(F)(F)COc1ccc(C(F)(F)F)cc1I. The summed E-state index contributed by atoms with van der Waals surface area (Å²) in [4.78, 5) is 0. The fraction of sp³-hybridized carbons (Fsp3) is 0.333. The van der Waals surface area contributed by atoms with Gasteiger partial charge >= 0.3 is 12.4 Å². The van der Waals surface area contributed by atoms with Gasteiger partial charge in [0.1, 0.15) is 5.75 Å². The quantitative estimate of drug-likeness (QED) is 0.559. The second-order valence-electron chi connectivity index (χ2n) is 3.05. The van der Waals surface area contributed by atoms with Crippen LogP contribution in [0, 0.1) is 3.57 Å². The molecular weight excluding hydrogens is 365 g/mol. The van der Waals surface area contributed by atoms with Gasteiger partial charge in [0, 0.05) is 0 Å². The Balaban J connectivity index is 2.84. The highest BCUT2D eigenvalue weighted by Gasteiger charge is 2.32. The summed E-state index contributed by atoms with van der Waals surface area (Å²) in [6, 6.07) is 2.27. The van der Waals surface area contributed by atoms with Crippen LogP contribution in [0.25, 0.3) is 0 Å². The first-order valence-electron chi connectivity index (χ1n) is 4.16. The molecule has 0 amide bonds. The Hall–Kier alpha value is -0.670. The third kappa shape index (κ3) is 4.60. The summed E-state index contributed by atoms with van der Waals surface area (Å²) in [5.74, 6) is -0.226. The lowest BCUT2D eigenvalue weighted by atomic mass is 10.2. The van der Waals surface area contributed by atoms with Crippen LogP contribution in [0.1, 0.15) is 5.56 Å². The van der Waals surface area contributed by atoms with Crippen LogP contribution in [-0.2, 0) is 6.18 Å². The minimum atomic E-state index is -4.53. The van der Waals surface area contributed by atoms with Gasteiger partial charge in [0.25, 0.3) is 0 Å². The molecule has 1 nitrogen and oxygen atoms in total. The van der Waals surface area contributed by atoms with Crippen LogP contribution in [0.4, 0.5) is 26.3 Å². The van der Waals surface area contributed by atoms with Crippen molar-refractivity contribution in [2.45, 2.75) is 12.4 Å². The van der Waals surface area contributed by atoms with Crippen LogP contribution >= 0.6 is 22.6 Å². The monoisotopic (exact) mass is 370 g/mol. The predicted octanol–water partition coefficient (Wildman–Crippen LogP) is 4.25. The Morgan fingerprint density at radius 2 is 1.65 bits per heavy atom. The van der Waals surface area contributed by atoms with Crippen LogP contribution in [0.5, 0.6) is 5.75 Å². The third-order valence-corrected chi connectivity index (χ3v) is 2.49. The lowest BCUT2D eigenvalue weighted by Gasteiger charge is -2.12. The summed E-state index contributed by atoms with van der Waals surface area (Å²) in [5.41, 5.74) is -0.929. The van der Waals surface area contributed by atoms with Gasteiger partial charge < -0.3 is 4.74 Å². The zero-order valence-corrected chi connectivity index (χ0v) is 10.2. The first-order chi connectivity index (χ1) is 7.59. The van der Waals surface area contributed by atoms with Gasteiger partial charge in [0.15, 0.2) is 6.61 Å². The summed E-state index contributed by atoms with van der Waals surface area (Å²) in [7, 11) is 0. The summed E-state index contributed by atoms with van der Waals surface area (Å²) in [5, 5.41) is 0. The Morgan fingerprint density at radius 1 is 1.06 bits per heavy atom. The van der Waals surface area contributed by atoms with Crippen molar-refractivity contribution in [1.29, 1.82) is 0 Å². The number of rotatable bonds is 2. The summed E-state index contributed by atoms with van der Waals surface area (Å²) in [6.07, 6.45) is -9.05.